The van der Waals surface area contributed by atoms with Gasteiger partial charge < -0.3 is 15.0 Å². The number of aromatic nitrogens is 1. The average molecular weight is 496 g/mol. The van der Waals surface area contributed by atoms with E-state index in [1.165, 1.54) is 30.3 Å². The minimum atomic E-state index is -4.30. The smallest absolute Gasteiger partial charge is 0.324 e. The fraction of sp³-hybridized carbons (Fsp3) is 0.238. The summed E-state index contributed by atoms with van der Waals surface area (Å²) in [5, 5.41) is 13.2. The third-order valence-corrected chi connectivity index (χ3v) is 7.35. The van der Waals surface area contributed by atoms with Crippen molar-refractivity contribution in [2.75, 3.05) is 10.8 Å². The summed E-state index contributed by atoms with van der Waals surface area (Å²) in [5.74, 6) is -1.55. The molecule has 0 bridgehead atoms. The molecule has 0 aliphatic heterocycles. The monoisotopic (exact) mass is 495 g/mol. The average Bonchev–Trinajstić information content (AvgIpc) is 3.46. The highest BCUT2D eigenvalue weighted by atomic mass is 35.5. The summed E-state index contributed by atoms with van der Waals surface area (Å²) in [4.78, 5) is 23.8. The van der Waals surface area contributed by atoms with Gasteiger partial charge in [0.05, 0.1) is 16.1 Å². The molecule has 0 spiro atoms. The maximum atomic E-state index is 13.3. The number of carbonyl (C=O) groups is 2. The van der Waals surface area contributed by atoms with Crippen LogP contribution in [0.4, 0.5) is 5.69 Å². The van der Waals surface area contributed by atoms with Crippen LogP contribution in [0.25, 0.3) is 10.9 Å². The van der Waals surface area contributed by atoms with E-state index in [1.54, 1.807) is 23.7 Å². The Kier molecular flexibility index (Phi) is 5.83. The summed E-state index contributed by atoms with van der Waals surface area (Å²) in [5.41, 5.74) is 1.14. The molecule has 1 heterocycles. The highest BCUT2D eigenvalue weighted by Gasteiger charge is 2.29. The van der Waals surface area contributed by atoms with Crippen molar-refractivity contribution in [1.82, 2.24) is 9.88 Å². The lowest BCUT2D eigenvalue weighted by Gasteiger charge is -2.23. The highest BCUT2D eigenvalue weighted by Crippen LogP contribution is 2.31. The Morgan fingerprint density at radius 3 is 2.38 bits per heavy atom. The number of anilines is 1. The highest BCUT2D eigenvalue weighted by molar-refractivity contribution is 7.92. The lowest BCUT2D eigenvalue weighted by Crippen LogP contribution is -2.35. The van der Waals surface area contributed by atoms with Crippen molar-refractivity contribution in [3.8, 4) is 0 Å². The van der Waals surface area contributed by atoms with Crippen LogP contribution in [-0.2, 0) is 21.9 Å². The topological polar surface area (TPSA) is 109 Å². The van der Waals surface area contributed by atoms with Gasteiger partial charge in [0.15, 0.2) is 0 Å². The van der Waals surface area contributed by atoms with Gasteiger partial charge in [-0.25, -0.2) is 8.42 Å². The normalized spacial score (nSPS) is 13.8. The van der Waals surface area contributed by atoms with Gasteiger partial charge in [0.25, 0.3) is 15.9 Å². The Morgan fingerprint density at radius 1 is 1.12 bits per heavy atom. The molecule has 1 amide bonds. The molecule has 2 aromatic carbocycles. The quantitative estimate of drug-likeness (QED) is 0.519. The van der Waals surface area contributed by atoms with E-state index in [4.69, 9.17) is 23.2 Å². The number of aryl methyl sites for hydroxylation is 1. The number of carboxylic acids is 1. The second-order valence-electron chi connectivity index (χ2n) is 7.59. The molecule has 168 valence electrons. The summed E-state index contributed by atoms with van der Waals surface area (Å²) in [6, 6.07) is 10.4. The number of amides is 1. The molecule has 0 unspecified atom stereocenters. The van der Waals surface area contributed by atoms with Gasteiger partial charge in [-0.3, -0.25) is 13.9 Å². The number of nitrogens with zero attached hydrogens (tertiary/aromatic N) is 2. The molecule has 1 aliphatic carbocycles. The molecule has 1 aromatic heterocycles. The summed E-state index contributed by atoms with van der Waals surface area (Å²) in [6.07, 6.45) is 1.91. The fourth-order valence-corrected chi connectivity index (χ4v) is 5.55. The van der Waals surface area contributed by atoms with Crippen molar-refractivity contribution < 1.29 is 23.1 Å². The number of hydrogen-bond acceptors (Lipinski definition) is 4. The Hall–Kier alpha value is -2.75. The van der Waals surface area contributed by atoms with E-state index in [-0.39, 0.29) is 32.6 Å². The second-order valence-corrected chi connectivity index (χ2v) is 10.3. The molecule has 8 nitrogen and oxygen atoms in total. The van der Waals surface area contributed by atoms with E-state index in [9.17, 15) is 23.1 Å². The van der Waals surface area contributed by atoms with Gasteiger partial charge in [-0.1, -0.05) is 29.3 Å². The summed E-state index contributed by atoms with van der Waals surface area (Å²) in [7, 11) is -2.60. The number of hydrogen-bond donors (Lipinski definition) is 2. The van der Waals surface area contributed by atoms with Crippen molar-refractivity contribution in [3.63, 3.8) is 0 Å². The number of fused-ring (bicyclic) bond motifs is 1. The number of carboxylic acid groups (broad SMARTS) is 1. The van der Waals surface area contributed by atoms with Crippen molar-refractivity contribution in [1.29, 1.82) is 0 Å². The van der Waals surface area contributed by atoms with Crippen molar-refractivity contribution in [2.24, 2.45) is 7.05 Å². The molecule has 0 atom stereocenters. The molecule has 32 heavy (non-hydrogen) atoms. The van der Waals surface area contributed by atoms with Crippen LogP contribution in [0.2, 0.25) is 10.0 Å². The van der Waals surface area contributed by atoms with Gasteiger partial charge in [-0.15, -0.1) is 0 Å². The number of nitrogens with one attached hydrogen (secondary N) is 1. The zero-order valence-corrected chi connectivity index (χ0v) is 19.2. The third kappa shape index (κ3) is 4.41. The predicted molar refractivity (Wildman–Crippen MR) is 122 cm³/mol. The predicted octanol–water partition coefficient (Wildman–Crippen LogP) is 3.66. The lowest BCUT2D eigenvalue weighted by atomic mass is 10.2. The van der Waals surface area contributed by atoms with Crippen LogP contribution < -0.4 is 9.62 Å². The van der Waals surface area contributed by atoms with Crippen molar-refractivity contribution in [3.05, 3.63) is 58.2 Å². The number of sulfonamides is 1. The Morgan fingerprint density at radius 2 is 1.78 bits per heavy atom. The SMILES string of the molecule is Cn1c(C(=O)NC2CC2)cc2ccc(N(CC(=O)O)S(=O)(=O)c3cc(Cl)cc(Cl)c3)cc21. The lowest BCUT2D eigenvalue weighted by molar-refractivity contribution is -0.135. The van der Waals surface area contributed by atoms with Crippen LogP contribution >= 0.6 is 23.2 Å². The van der Waals surface area contributed by atoms with Gasteiger partial charge >= 0.3 is 5.97 Å². The molecule has 0 radical (unpaired) electrons. The van der Waals surface area contributed by atoms with E-state index in [0.29, 0.717) is 11.2 Å². The molecule has 1 aliphatic rings. The molecule has 1 fully saturated rings. The first-order chi connectivity index (χ1) is 15.1. The Labute approximate surface area is 194 Å². The number of aliphatic carboxylic acids is 1. The number of carbonyl (C=O) groups excluding carboxylic acids is 1. The van der Waals surface area contributed by atoms with E-state index in [1.807, 2.05) is 0 Å². The van der Waals surface area contributed by atoms with Crippen LogP contribution in [0, 0.1) is 0 Å². The van der Waals surface area contributed by atoms with Gasteiger partial charge in [0, 0.05) is 28.5 Å². The van der Waals surface area contributed by atoms with E-state index in [0.717, 1.165) is 22.5 Å². The van der Waals surface area contributed by atoms with Gasteiger partial charge in [0.2, 0.25) is 0 Å². The maximum absolute atomic E-state index is 13.3. The van der Waals surface area contributed by atoms with Crippen molar-refractivity contribution in [2.45, 2.75) is 23.8 Å². The number of benzene rings is 2. The van der Waals surface area contributed by atoms with Crippen LogP contribution in [0.15, 0.2) is 47.4 Å². The first-order valence-electron chi connectivity index (χ1n) is 9.67. The van der Waals surface area contributed by atoms with Gasteiger partial charge in [-0.2, -0.15) is 0 Å². The number of rotatable bonds is 7. The third-order valence-electron chi connectivity index (χ3n) is 5.17. The first kappa shape index (κ1) is 22.4. The van der Waals surface area contributed by atoms with Gasteiger partial charge in [0.1, 0.15) is 12.2 Å². The van der Waals surface area contributed by atoms with Crippen LogP contribution in [-0.4, -0.2) is 42.6 Å². The first-order valence-corrected chi connectivity index (χ1v) is 11.9. The molecule has 4 rings (SSSR count). The van der Waals surface area contributed by atoms with Gasteiger partial charge in [-0.05, 0) is 49.2 Å². The zero-order valence-electron chi connectivity index (χ0n) is 16.9. The minimum Gasteiger partial charge on any atom is -0.480 e. The van der Waals surface area contributed by atoms with Crippen molar-refractivity contribution >= 4 is 61.7 Å². The van der Waals surface area contributed by atoms with E-state index in [2.05, 4.69) is 5.32 Å². The Balaban J connectivity index is 1.79. The van der Waals surface area contributed by atoms with E-state index < -0.39 is 22.5 Å². The zero-order chi connectivity index (χ0) is 23.2. The largest absolute Gasteiger partial charge is 0.480 e. The molecular formula is C21H19Cl2N3O5S. The van der Waals surface area contributed by atoms with Crippen LogP contribution in [0.3, 0.4) is 0 Å². The van der Waals surface area contributed by atoms with E-state index >= 15 is 0 Å². The molecule has 2 N–H and O–H groups in total. The van der Waals surface area contributed by atoms with Crippen LogP contribution in [0.1, 0.15) is 23.3 Å². The molecule has 3 aromatic rings. The summed E-state index contributed by atoms with van der Waals surface area (Å²) in [6.45, 7) is -0.808. The maximum Gasteiger partial charge on any atom is 0.324 e. The summed E-state index contributed by atoms with van der Waals surface area (Å²) < 4.78 is 29.0. The molecule has 11 heteroatoms. The minimum absolute atomic E-state index is 0.107. The summed E-state index contributed by atoms with van der Waals surface area (Å²) >= 11 is 11.9. The second kappa shape index (κ2) is 8.31. The fourth-order valence-electron chi connectivity index (χ4n) is 3.42. The Bertz CT molecular complexity index is 1330. The number of halogens is 2. The molecular weight excluding hydrogens is 477 g/mol. The van der Waals surface area contributed by atoms with Crippen LogP contribution in [0.5, 0.6) is 0 Å². The molecule has 0 saturated heterocycles. The molecule has 1 saturated carbocycles. The standard InChI is InChI=1S/C21H19Cl2N3O5S/c1-25-18-10-16(5-2-12(18)6-19(25)21(29)24-15-3-4-15)26(11-20(27)28)32(30,31)17-8-13(22)7-14(23)9-17/h2,5-10,15H,3-4,11H2,1H3,(H,24,29)(H,27,28).